The predicted molar refractivity (Wildman–Crippen MR) is 52.3 cm³/mol. The van der Waals surface area contributed by atoms with Crippen molar-refractivity contribution < 1.29 is 0 Å². The Morgan fingerprint density at radius 1 is 1.27 bits per heavy atom. The molecule has 0 heterocycles. The summed E-state index contributed by atoms with van der Waals surface area (Å²) in [5.41, 5.74) is 0.452. The Hall–Kier alpha value is -0.330. The van der Waals surface area contributed by atoms with Crippen molar-refractivity contribution in [1.29, 1.82) is 0 Å². The van der Waals surface area contributed by atoms with Crippen molar-refractivity contribution in [3.63, 3.8) is 0 Å². The monoisotopic (exact) mass is 155 g/mol. The fourth-order valence-corrected chi connectivity index (χ4v) is 1.22. The standard InChI is InChI=1S/C10H21N/c1-5-7-10(3,4)8-9-11-6-2/h9H,5-8H2,1-4H3. The number of hydrogen-bond donors (Lipinski definition) is 0. The molecule has 11 heavy (non-hydrogen) atoms. The number of rotatable bonds is 5. The van der Waals surface area contributed by atoms with Gasteiger partial charge in [0.25, 0.3) is 0 Å². The minimum Gasteiger partial charge on any atom is -0.298 e. The Balaban J connectivity index is 3.62. The molecule has 0 radical (unpaired) electrons. The molecule has 1 heteroatoms. The van der Waals surface area contributed by atoms with E-state index in [0.29, 0.717) is 5.41 Å². The van der Waals surface area contributed by atoms with E-state index in [4.69, 9.17) is 0 Å². The second-order valence-electron chi connectivity index (χ2n) is 3.80. The number of aliphatic imine (C=N–C) groups is 1. The van der Waals surface area contributed by atoms with Gasteiger partial charge in [-0.2, -0.15) is 0 Å². The largest absolute Gasteiger partial charge is 0.298 e. The van der Waals surface area contributed by atoms with Crippen molar-refractivity contribution in [1.82, 2.24) is 0 Å². The molecule has 0 aromatic heterocycles. The molecule has 0 aliphatic rings. The number of nitrogens with zero attached hydrogens (tertiary/aromatic N) is 1. The summed E-state index contributed by atoms with van der Waals surface area (Å²) < 4.78 is 0. The molecular formula is C10H21N. The third kappa shape index (κ3) is 6.08. The topological polar surface area (TPSA) is 12.4 Å². The Kier molecular flexibility index (Phi) is 5.18. The van der Waals surface area contributed by atoms with Crippen molar-refractivity contribution in [3.8, 4) is 0 Å². The van der Waals surface area contributed by atoms with Gasteiger partial charge in [-0.15, -0.1) is 0 Å². The Labute approximate surface area is 70.9 Å². The fraction of sp³-hybridized carbons (Fsp3) is 0.900. The summed E-state index contributed by atoms with van der Waals surface area (Å²) in [6, 6.07) is 0. The van der Waals surface area contributed by atoms with Gasteiger partial charge in [-0.05, 0) is 31.4 Å². The smallest absolute Gasteiger partial charge is 0.0357 e. The first kappa shape index (κ1) is 10.7. The van der Waals surface area contributed by atoms with E-state index in [2.05, 4.69) is 38.9 Å². The van der Waals surface area contributed by atoms with E-state index in [1.165, 1.54) is 12.8 Å². The van der Waals surface area contributed by atoms with Crippen LogP contribution in [-0.2, 0) is 0 Å². The molecule has 0 atom stereocenters. The minimum atomic E-state index is 0.452. The van der Waals surface area contributed by atoms with Gasteiger partial charge < -0.3 is 0 Å². The Morgan fingerprint density at radius 3 is 2.36 bits per heavy atom. The summed E-state index contributed by atoms with van der Waals surface area (Å²) in [6.07, 6.45) is 5.75. The molecular weight excluding hydrogens is 134 g/mol. The van der Waals surface area contributed by atoms with Gasteiger partial charge in [0, 0.05) is 6.54 Å². The Bertz CT molecular complexity index is 114. The van der Waals surface area contributed by atoms with Crippen LogP contribution in [0.15, 0.2) is 4.99 Å². The maximum absolute atomic E-state index is 4.21. The minimum absolute atomic E-state index is 0.452. The highest BCUT2D eigenvalue weighted by atomic mass is 14.7. The molecule has 0 fully saturated rings. The van der Waals surface area contributed by atoms with Crippen LogP contribution in [0.5, 0.6) is 0 Å². The van der Waals surface area contributed by atoms with E-state index in [0.717, 1.165) is 13.0 Å². The first-order valence-electron chi connectivity index (χ1n) is 4.60. The molecule has 0 aliphatic heterocycles. The summed E-state index contributed by atoms with van der Waals surface area (Å²) in [6.45, 7) is 9.83. The van der Waals surface area contributed by atoms with E-state index in [-0.39, 0.29) is 0 Å². The van der Waals surface area contributed by atoms with Crippen LogP contribution in [0.2, 0.25) is 0 Å². The maximum atomic E-state index is 4.21. The van der Waals surface area contributed by atoms with Crippen molar-refractivity contribution in [2.45, 2.75) is 47.0 Å². The van der Waals surface area contributed by atoms with Gasteiger partial charge in [0.1, 0.15) is 0 Å². The third-order valence-electron chi connectivity index (χ3n) is 1.88. The summed E-state index contributed by atoms with van der Waals surface area (Å²) in [5.74, 6) is 0. The van der Waals surface area contributed by atoms with Crippen molar-refractivity contribution in [2.75, 3.05) is 6.54 Å². The van der Waals surface area contributed by atoms with Crippen LogP contribution in [0.3, 0.4) is 0 Å². The highest BCUT2D eigenvalue weighted by Gasteiger charge is 2.13. The maximum Gasteiger partial charge on any atom is 0.0357 e. The second kappa shape index (κ2) is 5.34. The summed E-state index contributed by atoms with van der Waals surface area (Å²) in [7, 11) is 0. The first-order chi connectivity index (χ1) is 5.12. The molecule has 0 rings (SSSR count). The van der Waals surface area contributed by atoms with E-state index in [9.17, 15) is 0 Å². The average Bonchev–Trinajstić information content (AvgIpc) is 1.87. The van der Waals surface area contributed by atoms with Crippen LogP contribution >= 0.6 is 0 Å². The van der Waals surface area contributed by atoms with Gasteiger partial charge in [0.05, 0.1) is 0 Å². The lowest BCUT2D eigenvalue weighted by atomic mass is 9.85. The quantitative estimate of drug-likeness (QED) is 0.540. The van der Waals surface area contributed by atoms with Crippen molar-refractivity contribution in [2.24, 2.45) is 10.4 Å². The van der Waals surface area contributed by atoms with Gasteiger partial charge in [0.2, 0.25) is 0 Å². The number of hydrogen-bond acceptors (Lipinski definition) is 1. The van der Waals surface area contributed by atoms with Crippen molar-refractivity contribution in [3.05, 3.63) is 0 Å². The van der Waals surface area contributed by atoms with Crippen molar-refractivity contribution >= 4 is 6.21 Å². The second-order valence-corrected chi connectivity index (χ2v) is 3.80. The van der Waals surface area contributed by atoms with Gasteiger partial charge in [-0.25, -0.2) is 0 Å². The van der Waals surface area contributed by atoms with Crippen LogP contribution in [0, 0.1) is 5.41 Å². The highest BCUT2D eigenvalue weighted by Crippen LogP contribution is 2.24. The molecule has 0 saturated carbocycles. The molecule has 0 amide bonds. The zero-order valence-electron chi connectivity index (χ0n) is 8.35. The van der Waals surface area contributed by atoms with E-state index >= 15 is 0 Å². The highest BCUT2D eigenvalue weighted by molar-refractivity contribution is 5.58. The summed E-state index contributed by atoms with van der Waals surface area (Å²) in [5, 5.41) is 0. The zero-order valence-corrected chi connectivity index (χ0v) is 8.35. The van der Waals surface area contributed by atoms with Gasteiger partial charge >= 0.3 is 0 Å². The summed E-state index contributed by atoms with van der Waals surface area (Å²) >= 11 is 0. The molecule has 66 valence electrons. The lowest BCUT2D eigenvalue weighted by Gasteiger charge is -2.21. The lowest BCUT2D eigenvalue weighted by molar-refractivity contribution is 0.348. The van der Waals surface area contributed by atoms with Gasteiger partial charge in [0.15, 0.2) is 0 Å². The van der Waals surface area contributed by atoms with Crippen LogP contribution < -0.4 is 0 Å². The molecule has 0 bridgehead atoms. The van der Waals surface area contributed by atoms with Crippen LogP contribution in [0.1, 0.15) is 47.0 Å². The first-order valence-corrected chi connectivity index (χ1v) is 4.60. The lowest BCUT2D eigenvalue weighted by Crippen LogP contribution is -2.11. The molecule has 0 N–H and O–H groups in total. The molecule has 0 spiro atoms. The zero-order chi connectivity index (χ0) is 8.74. The molecule has 0 aliphatic carbocycles. The van der Waals surface area contributed by atoms with E-state index in [1.54, 1.807) is 0 Å². The third-order valence-corrected chi connectivity index (χ3v) is 1.88. The molecule has 0 aromatic rings. The van der Waals surface area contributed by atoms with Gasteiger partial charge in [-0.1, -0.05) is 27.2 Å². The van der Waals surface area contributed by atoms with Crippen LogP contribution in [0.4, 0.5) is 0 Å². The van der Waals surface area contributed by atoms with Crippen LogP contribution in [0.25, 0.3) is 0 Å². The van der Waals surface area contributed by atoms with E-state index in [1.807, 2.05) is 0 Å². The van der Waals surface area contributed by atoms with Gasteiger partial charge in [-0.3, -0.25) is 4.99 Å². The molecule has 0 unspecified atom stereocenters. The summed E-state index contributed by atoms with van der Waals surface area (Å²) in [4.78, 5) is 4.21. The fourth-order valence-electron chi connectivity index (χ4n) is 1.22. The SMILES string of the molecule is CCCC(C)(C)CC=NCC. The molecule has 0 saturated heterocycles. The Morgan fingerprint density at radius 2 is 1.91 bits per heavy atom. The predicted octanol–water partition coefficient (Wildman–Crippen LogP) is 3.29. The average molecular weight is 155 g/mol. The molecule has 0 aromatic carbocycles. The van der Waals surface area contributed by atoms with E-state index < -0.39 is 0 Å². The molecule has 1 nitrogen and oxygen atoms in total. The normalized spacial score (nSPS) is 12.7. The van der Waals surface area contributed by atoms with Crippen LogP contribution in [-0.4, -0.2) is 12.8 Å².